The number of nitrogens with zero attached hydrogens (tertiary/aromatic N) is 1. The van der Waals surface area contributed by atoms with Gasteiger partial charge in [0.15, 0.2) is 5.96 Å². The zero-order chi connectivity index (χ0) is 18.2. The Morgan fingerprint density at radius 3 is 2.20 bits per heavy atom. The Bertz CT molecular complexity index is 649. The van der Waals surface area contributed by atoms with Crippen LogP contribution < -0.4 is 15.4 Å². The van der Waals surface area contributed by atoms with Crippen molar-refractivity contribution in [3.8, 4) is 0 Å². The highest BCUT2D eigenvalue weighted by atomic mass is 127. The number of hydrogen-bond donors (Lipinski definition) is 3. The van der Waals surface area contributed by atoms with Crippen molar-refractivity contribution >= 4 is 40.0 Å². The molecule has 3 N–H and O–H groups in total. The van der Waals surface area contributed by atoms with Gasteiger partial charge < -0.3 is 10.6 Å². The van der Waals surface area contributed by atoms with E-state index < -0.39 is 21.8 Å². The molecule has 0 unspecified atom stereocenters. The third-order valence-electron chi connectivity index (χ3n) is 2.98. The molecule has 144 valence electrons. The number of halogens is 4. The summed E-state index contributed by atoms with van der Waals surface area (Å²) in [7, 11) is -1.63. The van der Waals surface area contributed by atoms with E-state index in [0.29, 0.717) is 37.6 Å². The lowest BCUT2D eigenvalue weighted by atomic mass is 10.1. The Morgan fingerprint density at radius 1 is 1.12 bits per heavy atom. The van der Waals surface area contributed by atoms with Crippen molar-refractivity contribution < 1.29 is 21.6 Å². The number of rotatable bonds is 7. The summed E-state index contributed by atoms with van der Waals surface area (Å²) in [5.41, 5.74) is -0.00294. The zero-order valence-electron chi connectivity index (χ0n) is 13.9. The molecular formula is C14H22F3IN4O2S. The molecule has 0 saturated heterocycles. The molecule has 0 bridgehead atoms. The number of sulfonamides is 1. The Labute approximate surface area is 162 Å². The molecule has 0 atom stereocenters. The highest BCUT2D eigenvalue weighted by Crippen LogP contribution is 2.28. The van der Waals surface area contributed by atoms with Gasteiger partial charge in [-0.1, -0.05) is 12.1 Å². The number of nitrogens with one attached hydrogen (secondary N) is 3. The van der Waals surface area contributed by atoms with Gasteiger partial charge in [0, 0.05) is 26.7 Å². The van der Waals surface area contributed by atoms with Crippen LogP contribution in [0.3, 0.4) is 0 Å². The molecule has 0 saturated carbocycles. The summed E-state index contributed by atoms with van der Waals surface area (Å²) in [5.74, 6) is 0.481. The Balaban J connectivity index is 0.00000576. The summed E-state index contributed by atoms with van der Waals surface area (Å²) < 4.78 is 61.6. The van der Waals surface area contributed by atoms with Crippen molar-refractivity contribution in [1.82, 2.24) is 15.4 Å². The number of benzene rings is 1. The van der Waals surface area contributed by atoms with E-state index in [0.717, 1.165) is 18.4 Å². The van der Waals surface area contributed by atoms with Crippen molar-refractivity contribution in [3.63, 3.8) is 0 Å². The van der Waals surface area contributed by atoms with Crippen LogP contribution in [0.25, 0.3) is 0 Å². The van der Waals surface area contributed by atoms with Gasteiger partial charge >= 0.3 is 6.18 Å². The van der Waals surface area contributed by atoms with Crippen LogP contribution in [0.5, 0.6) is 0 Å². The van der Waals surface area contributed by atoms with E-state index >= 15 is 0 Å². The summed E-state index contributed by atoms with van der Waals surface area (Å²) in [4.78, 5) is 3.98. The maximum Gasteiger partial charge on any atom is 0.416 e. The second kappa shape index (κ2) is 10.8. The van der Waals surface area contributed by atoms with E-state index in [1.807, 2.05) is 0 Å². The highest BCUT2D eigenvalue weighted by Gasteiger charge is 2.29. The van der Waals surface area contributed by atoms with E-state index in [9.17, 15) is 21.6 Å². The molecule has 0 aliphatic rings. The molecule has 1 aromatic rings. The van der Waals surface area contributed by atoms with Crippen molar-refractivity contribution in [1.29, 1.82) is 0 Å². The smallest absolute Gasteiger partial charge is 0.356 e. The summed E-state index contributed by atoms with van der Waals surface area (Å²) >= 11 is 0. The van der Waals surface area contributed by atoms with Crippen molar-refractivity contribution in [2.75, 3.05) is 26.4 Å². The van der Waals surface area contributed by atoms with Gasteiger partial charge in [-0.05, 0) is 24.1 Å². The first kappa shape index (κ1) is 23.9. The minimum atomic E-state index is -4.34. The SMILES string of the molecule is CN=C(NCCCNS(C)(=O)=O)NCc1ccc(C(F)(F)F)cc1.I. The van der Waals surface area contributed by atoms with Crippen LogP contribution in [-0.4, -0.2) is 40.8 Å². The molecule has 1 rings (SSSR count). The van der Waals surface area contributed by atoms with Crippen LogP contribution in [0.15, 0.2) is 29.3 Å². The van der Waals surface area contributed by atoms with Crippen LogP contribution in [0.4, 0.5) is 13.2 Å². The van der Waals surface area contributed by atoms with Gasteiger partial charge in [0.2, 0.25) is 10.0 Å². The minimum Gasteiger partial charge on any atom is -0.356 e. The lowest BCUT2D eigenvalue weighted by Crippen LogP contribution is -2.38. The Kier molecular flexibility index (Phi) is 10.3. The summed E-state index contributed by atoms with van der Waals surface area (Å²) in [6, 6.07) is 4.87. The van der Waals surface area contributed by atoms with Crippen LogP contribution in [0.1, 0.15) is 17.5 Å². The third-order valence-corrected chi connectivity index (χ3v) is 3.70. The van der Waals surface area contributed by atoms with Crippen molar-refractivity contribution in [3.05, 3.63) is 35.4 Å². The van der Waals surface area contributed by atoms with Gasteiger partial charge in [0.25, 0.3) is 0 Å². The Hall–Kier alpha value is -1.08. The summed E-state index contributed by atoms with van der Waals surface area (Å²) in [6.45, 7) is 1.12. The standard InChI is InChI=1S/C14H21F3N4O2S.HI/c1-18-13(19-8-3-9-21-24(2,22)23)20-10-11-4-6-12(7-5-11)14(15,16)17;/h4-7,21H,3,8-10H2,1-2H3,(H2,18,19,20);1H. The largest absolute Gasteiger partial charge is 0.416 e. The molecule has 11 heteroatoms. The summed E-state index contributed by atoms with van der Waals surface area (Å²) in [5, 5.41) is 5.96. The molecule has 0 aliphatic carbocycles. The molecule has 0 radical (unpaired) electrons. The third kappa shape index (κ3) is 10.5. The van der Waals surface area contributed by atoms with Gasteiger partial charge in [-0.3, -0.25) is 4.99 Å². The predicted molar refractivity (Wildman–Crippen MR) is 103 cm³/mol. The second-order valence-electron chi connectivity index (χ2n) is 5.07. The first-order valence-electron chi connectivity index (χ1n) is 7.17. The fourth-order valence-electron chi connectivity index (χ4n) is 1.77. The quantitative estimate of drug-likeness (QED) is 0.234. The average molecular weight is 494 g/mol. The predicted octanol–water partition coefficient (Wildman–Crippen LogP) is 1.93. The molecule has 0 aromatic heterocycles. The van der Waals surface area contributed by atoms with Crippen LogP contribution >= 0.6 is 24.0 Å². The second-order valence-corrected chi connectivity index (χ2v) is 6.90. The van der Waals surface area contributed by atoms with Crippen molar-refractivity contribution in [2.45, 2.75) is 19.1 Å². The van der Waals surface area contributed by atoms with E-state index in [4.69, 9.17) is 0 Å². The lowest BCUT2D eigenvalue weighted by molar-refractivity contribution is -0.137. The monoisotopic (exact) mass is 494 g/mol. The molecule has 0 heterocycles. The molecular weight excluding hydrogens is 472 g/mol. The average Bonchev–Trinajstić information content (AvgIpc) is 2.48. The normalized spacial score (nSPS) is 12.4. The molecule has 0 fully saturated rings. The van der Waals surface area contributed by atoms with E-state index in [1.165, 1.54) is 12.1 Å². The first-order chi connectivity index (χ1) is 11.1. The van der Waals surface area contributed by atoms with Crippen LogP contribution in [-0.2, 0) is 22.7 Å². The maximum absolute atomic E-state index is 12.5. The van der Waals surface area contributed by atoms with Gasteiger partial charge in [-0.2, -0.15) is 13.2 Å². The fourth-order valence-corrected chi connectivity index (χ4v) is 2.29. The van der Waals surface area contributed by atoms with Crippen molar-refractivity contribution in [2.24, 2.45) is 4.99 Å². The maximum atomic E-state index is 12.5. The highest BCUT2D eigenvalue weighted by molar-refractivity contribution is 14.0. The minimum absolute atomic E-state index is 0. The topological polar surface area (TPSA) is 82.6 Å². The number of hydrogen-bond acceptors (Lipinski definition) is 3. The number of alkyl halides is 3. The first-order valence-corrected chi connectivity index (χ1v) is 9.06. The lowest BCUT2D eigenvalue weighted by Gasteiger charge is -2.12. The number of aliphatic imine (C=N–C) groups is 1. The molecule has 25 heavy (non-hydrogen) atoms. The van der Waals surface area contributed by atoms with Gasteiger partial charge in [0.1, 0.15) is 0 Å². The van der Waals surface area contributed by atoms with Crippen LogP contribution in [0, 0.1) is 0 Å². The molecule has 1 aromatic carbocycles. The fraction of sp³-hybridized carbons (Fsp3) is 0.500. The van der Waals surface area contributed by atoms with Gasteiger partial charge in [-0.25, -0.2) is 13.1 Å². The van der Waals surface area contributed by atoms with E-state index in [-0.39, 0.29) is 24.0 Å². The molecule has 0 aliphatic heterocycles. The molecule has 0 spiro atoms. The molecule has 6 nitrogen and oxygen atoms in total. The van der Waals surface area contributed by atoms with Gasteiger partial charge in [0.05, 0.1) is 11.8 Å². The van der Waals surface area contributed by atoms with E-state index in [1.54, 1.807) is 7.05 Å². The summed E-state index contributed by atoms with van der Waals surface area (Å²) in [6.07, 6.45) is -2.69. The van der Waals surface area contributed by atoms with Gasteiger partial charge in [-0.15, -0.1) is 24.0 Å². The number of guanidine groups is 1. The molecule has 0 amide bonds. The van der Waals surface area contributed by atoms with Crippen LogP contribution in [0.2, 0.25) is 0 Å². The Morgan fingerprint density at radius 2 is 1.72 bits per heavy atom. The van der Waals surface area contributed by atoms with E-state index in [2.05, 4.69) is 20.3 Å². The zero-order valence-corrected chi connectivity index (χ0v) is 17.0.